The first-order chi connectivity index (χ1) is 17.4. The summed E-state index contributed by atoms with van der Waals surface area (Å²) in [7, 11) is 1.74. The van der Waals surface area contributed by atoms with Crippen molar-refractivity contribution in [2.24, 2.45) is 4.99 Å². The van der Waals surface area contributed by atoms with E-state index in [1.807, 2.05) is 67.7 Å². The largest absolute Gasteiger partial charge is 0.461 e. The Hall–Kier alpha value is -4.32. The molecular weight excluding hydrogens is 456 g/mol. The van der Waals surface area contributed by atoms with Crippen LogP contribution in [-0.2, 0) is 16.1 Å². The molecule has 9 heteroatoms. The molecular formula is C27H30N6O3. The molecule has 3 aromatic rings. The Labute approximate surface area is 210 Å². The van der Waals surface area contributed by atoms with Gasteiger partial charge < -0.3 is 19.5 Å². The van der Waals surface area contributed by atoms with Gasteiger partial charge in [0.2, 0.25) is 17.8 Å². The number of nitrogens with one attached hydrogen (secondary N) is 2. The highest BCUT2D eigenvalue weighted by Crippen LogP contribution is 2.23. The molecule has 2 aromatic carbocycles. The molecule has 4 rings (SSSR count). The Kier molecular flexibility index (Phi) is 7.85. The highest BCUT2D eigenvalue weighted by molar-refractivity contribution is 5.98. The number of likely N-dealkylation sites (N-methyl/N-ethyl adjacent to an activating group) is 1. The van der Waals surface area contributed by atoms with Crippen LogP contribution in [0.2, 0.25) is 0 Å². The minimum Gasteiger partial charge on any atom is -0.461 e. The number of rotatable bonds is 6. The van der Waals surface area contributed by atoms with Crippen LogP contribution in [0.1, 0.15) is 30.6 Å². The SMILES string of the molecule is Cc1cc2cc(NC(=NC3CCCCN(CC(=O)N(C)Cc4ccccc4)C3=O)NC#N)ccc2o1. The van der Waals surface area contributed by atoms with Crippen molar-refractivity contribution in [2.75, 3.05) is 25.5 Å². The maximum Gasteiger partial charge on any atom is 0.247 e. The molecule has 1 aromatic heterocycles. The van der Waals surface area contributed by atoms with Gasteiger partial charge in [0.05, 0.1) is 6.54 Å². The molecule has 2 amide bonds. The van der Waals surface area contributed by atoms with E-state index in [0.717, 1.165) is 35.1 Å². The highest BCUT2D eigenvalue weighted by atomic mass is 16.3. The third-order valence-electron chi connectivity index (χ3n) is 6.13. The fourth-order valence-corrected chi connectivity index (χ4v) is 4.29. The molecule has 2 N–H and O–H groups in total. The Morgan fingerprint density at radius 1 is 1.22 bits per heavy atom. The quantitative estimate of drug-likeness (QED) is 0.238. The summed E-state index contributed by atoms with van der Waals surface area (Å²) in [5.74, 6) is 0.645. The molecule has 1 aliphatic heterocycles. The first-order valence-electron chi connectivity index (χ1n) is 12.0. The van der Waals surface area contributed by atoms with Gasteiger partial charge >= 0.3 is 0 Å². The van der Waals surface area contributed by atoms with E-state index in [4.69, 9.17) is 4.42 Å². The Bertz CT molecular complexity index is 1290. The van der Waals surface area contributed by atoms with Gasteiger partial charge in [-0.05, 0) is 56.0 Å². The molecule has 1 aliphatic rings. The molecule has 36 heavy (non-hydrogen) atoms. The molecule has 0 saturated carbocycles. The number of carbonyl (C=O) groups is 2. The molecule has 2 heterocycles. The molecule has 186 valence electrons. The molecule has 1 atom stereocenters. The summed E-state index contributed by atoms with van der Waals surface area (Å²) in [4.78, 5) is 34.0. The molecule has 1 fully saturated rings. The first-order valence-corrected chi connectivity index (χ1v) is 12.0. The van der Waals surface area contributed by atoms with Crippen LogP contribution in [0.5, 0.6) is 0 Å². The number of nitriles is 1. The minimum atomic E-state index is -0.692. The van der Waals surface area contributed by atoms with Gasteiger partial charge in [-0.25, -0.2) is 4.99 Å². The summed E-state index contributed by atoms with van der Waals surface area (Å²) >= 11 is 0. The maximum absolute atomic E-state index is 13.3. The van der Waals surface area contributed by atoms with E-state index in [-0.39, 0.29) is 24.3 Å². The van der Waals surface area contributed by atoms with Gasteiger partial charge in [0.1, 0.15) is 17.4 Å². The number of hydrogen-bond acceptors (Lipinski definition) is 5. The predicted octanol–water partition coefficient (Wildman–Crippen LogP) is 3.62. The molecule has 0 radical (unpaired) electrons. The maximum atomic E-state index is 13.3. The average Bonchev–Trinajstić information content (AvgIpc) is 3.15. The number of guanidine groups is 1. The van der Waals surface area contributed by atoms with E-state index in [9.17, 15) is 14.9 Å². The molecule has 0 aliphatic carbocycles. The van der Waals surface area contributed by atoms with Gasteiger partial charge in [0.25, 0.3) is 0 Å². The number of furan rings is 1. The zero-order chi connectivity index (χ0) is 25.5. The van der Waals surface area contributed by atoms with Crippen molar-refractivity contribution in [3.05, 3.63) is 65.9 Å². The lowest BCUT2D eigenvalue weighted by Gasteiger charge is -2.25. The standard InChI is InChI=1S/C27H30N6O3/c1-19-14-21-15-22(11-12-24(21)36-19)30-27(29-18-28)31-23-10-6-7-13-33(26(23)35)17-25(34)32(2)16-20-8-4-3-5-9-20/h3-5,8-9,11-12,14-15,23H,6-7,10,13,16-17H2,1-2H3,(H2,29,30,31). The zero-order valence-electron chi connectivity index (χ0n) is 20.5. The lowest BCUT2D eigenvalue weighted by Crippen LogP contribution is -2.44. The number of likely N-dealkylation sites (tertiary alicyclic amines) is 1. The number of amides is 2. The van der Waals surface area contributed by atoms with Crippen molar-refractivity contribution in [1.29, 1.82) is 5.26 Å². The molecule has 1 saturated heterocycles. The van der Waals surface area contributed by atoms with Crippen LogP contribution in [0, 0.1) is 18.4 Å². The minimum absolute atomic E-state index is 0.000858. The van der Waals surface area contributed by atoms with Gasteiger partial charge in [-0.1, -0.05) is 30.3 Å². The van der Waals surface area contributed by atoms with E-state index in [2.05, 4.69) is 15.6 Å². The van der Waals surface area contributed by atoms with Gasteiger partial charge in [-0.15, -0.1) is 0 Å². The van der Waals surface area contributed by atoms with Crippen molar-refractivity contribution in [2.45, 2.75) is 38.8 Å². The van der Waals surface area contributed by atoms with Crippen LogP contribution in [0.3, 0.4) is 0 Å². The van der Waals surface area contributed by atoms with E-state index in [1.54, 1.807) is 16.8 Å². The third kappa shape index (κ3) is 6.21. The van der Waals surface area contributed by atoms with Crippen LogP contribution in [0.25, 0.3) is 11.0 Å². The normalized spacial score (nSPS) is 16.4. The number of aryl methyl sites for hydroxylation is 1. The summed E-state index contributed by atoms with van der Waals surface area (Å²) in [6.45, 7) is 2.86. The van der Waals surface area contributed by atoms with Crippen LogP contribution in [0.15, 0.2) is 64.0 Å². The summed E-state index contributed by atoms with van der Waals surface area (Å²) < 4.78 is 5.61. The Balaban J connectivity index is 1.45. The second-order valence-electron chi connectivity index (χ2n) is 8.96. The van der Waals surface area contributed by atoms with Crippen LogP contribution >= 0.6 is 0 Å². The smallest absolute Gasteiger partial charge is 0.247 e. The van der Waals surface area contributed by atoms with E-state index < -0.39 is 6.04 Å². The van der Waals surface area contributed by atoms with Gasteiger partial charge in [0.15, 0.2) is 6.19 Å². The summed E-state index contributed by atoms with van der Waals surface area (Å²) in [6.07, 6.45) is 4.01. The second-order valence-corrected chi connectivity index (χ2v) is 8.96. The lowest BCUT2D eigenvalue weighted by molar-refractivity contribution is -0.140. The van der Waals surface area contributed by atoms with Crippen molar-refractivity contribution >= 4 is 34.4 Å². The molecule has 0 bridgehead atoms. The topological polar surface area (TPSA) is 114 Å². The number of fused-ring (bicyclic) bond motifs is 1. The van der Waals surface area contributed by atoms with Crippen LogP contribution in [-0.4, -0.2) is 53.8 Å². The van der Waals surface area contributed by atoms with Gasteiger partial charge in [0, 0.05) is 31.2 Å². The number of benzene rings is 2. The fourth-order valence-electron chi connectivity index (χ4n) is 4.29. The molecule has 0 spiro atoms. The van der Waals surface area contributed by atoms with E-state index >= 15 is 0 Å². The number of aliphatic imine (C=N–C) groups is 1. The Morgan fingerprint density at radius 2 is 2.03 bits per heavy atom. The van der Waals surface area contributed by atoms with Gasteiger partial charge in [-0.3, -0.25) is 14.9 Å². The van der Waals surface area contributed by atoms with Crippen molar-refractivity contribution < 1.29 is 14.0 Å². The van der Waals surface area contributed by atoms with Crippen molar-refractivity contribution in [3.63, 3.8) is 0 Å². The predicted molar refractivity (Wildman–Crippen MR) is 138 cm³/mol. The molecule has 1 unspecified atom stereocenters. The summed E-state index contributed by atoms with van der Waals surface area (Å²) in [6, 6.07) is 16.5. The fraction of sp³-hybridized carbons (Fsp3) is 0.333. The molecule has 9 nitrogen and oxygen atoms in total. The summed E-state index contributed by atoms with van der Waals surface area (Å²) in [5, 5.41) is 15.8. The van der Waals surface area contributed by atoms with Crippen molar-refractivity contribution in [3.8, 4) is 6.19 Å². The van der Waals surface area contributed by atoms with E-state index in [0.29, 0.717) is 25.2 Å². The monoisotopic (exact) mass is 486 g/mol. The lowest BCUT2D eigenvalue weighted by atomic mass is 10.1. The second kappa shape index (κ2) is 11.4. The van der Waals surface area contributed by atoms with E-state index in [1.165, 1.54) is 0 Å². The van der Waals surface area contributed by atoms with Crippen LogP contribution < -0.4 is 10.6 Å². The zero-order valence-corrected chi connectivity index (χ0v) is 20.5. The van der Waals surface area contributed by atoms with Crippen LogP contribution in [0.4, 0.5) is 5.69 Å². The summed E-state index contributed by atoms with van der Waals surface area (Å²) in [5.41, 5.74) is 2.50. The first kappa shape index (κ1) is 24.8. The number of anilines is 1. The number of nitrogens with zero attached hydrogens (tertiary/aromatic N) is 4. The third-order valence-corrected chi connectivity index (χ3v) is 6.13. The van der Waals surface area contributed by atoms with Crippen molar-refractivity contribution in [1.82, 2.24) is 15.1 Å². The van der Waals surface area contributed by atoms with Gasteiger partial charge in [-0.2, -0.15) is 5.26 Å². The number of carbonyl (C=O) groups excluding carboxylic acids is 2. The Morgan fingerprint density at radius 3 is 2.81 bits per heavy atom. The average molecular weight is 487 g/mol. The number of hydrogen-bond donors (Lipinski definition) is 2. The highest BCUT2D eigenvalue weighted by Gasteiger charge is 2.29.